The second-order valence-electron chi connectivity index (χ2n) is 4.42. The van der Waals surface area contributed by atoms with E-state index in [4.69, 9.17) is 5.26 Å². The molecule has 2 aromatic rings. The Morgan fingerprint density at radius 2 is 1.96 bits per heavy atom. The summed E-state index contributed by atoms with van der Waals surface area (Å²) in [6, 6.07) is 10.5. The van der Waals surface area contributed by atoms with Crippen LogP contribution in [0, 0.1) is 23.0 Å². The molecule has 0 aliphatic heterocycles. The Bertz CT molecular complexity index is 844. The second kappa shape index (κ2) is 7.03. The van der Waals surface area contributed by atoms with Crippen molar-refractivity contribution in [1.29, 1.82) is 5.26 Å². The zero-order valence-electron chi connectivity index (χ0n) is 11.5. The number of benzene rings is 2. The fourth-order valence-corrected chi connectivity index (χ4v) is 2.17. The molecule has 23 heavy (non-hydrogen) atoms. The van der Waals surface area contributed by atoms with Crippen molar-refractivity contribution < 1.29 is 18.7 Å². The number of hydrogen-bond acceptors (Lipinski definition) is 3. The highest BCUT2D eigenvalue weighted by Gasteiger charge is 2.18. The van der Waals surface area contributed by atoms with E-state index in [1.807, 2.05) is 0 Å². The Morgan fingerprint density at radius 3 is 2.57 bits per heavy atom. The number of halogens is 3. The van der Waals surface area contributed by atoms with E-state index in [1.165, 1.54) is 12.1 Å². The van der Waals surface area contributed by atoms with Gasteiger partial charge in [-0.2, -0.15) is 5.26 Å². The van der Waals surface area contributed by atoms with Crippen molar-refractivity contribution in [2.45, 2.75) is 0 Å². The van der Waals surface area contributed by atoms with Gasteiger partial charge in [-0.15, -0.1) is 0 Å². The first-order chi connectivity index (χ1) is 10.9. The van der Waals surface area contributed by atoms with Gasteiger partial charge in [-0.1, -0.05) is 28.1 Å². The number of aliphatic hydroxyl groups excluding tert-OH is 1. The summed E-state index contributed by atoms with van der Waals surface area (Å²) in [6.45, 7) is 0. The van der Waals surface area contributed by atoms with Gasteiger partial charge in [0.05, 0.1) is 5.69 Å². The molecule has 0 aromatic heterocycles. The normalized spacial score (nSPS) is 11.4. The van der Waals surface area contributed by atoms with Crippen LogP contribution in [-0.2, 0) is 4.79 Å². The molecule has 0 saturated carbocycles. The van der Waals surface area contributed by atoms with Crippen LogP contribution in [0.2, 0.25) is 0 Å². The van der Waals surface area contributed by atoms with E-state index in [0.29, 0.717) is 10.5 Å². The van der Waals surface area contributed by atoms with E-state index in [2.05, 4.69) is 21.2 Å². The minimum absolute atomic E-state index is 0.241. The SMILES string of the molecule is N#C/C(C(=O)Nc1ccc(F)cc1F)=C(/O)c1cccc(Br)c1. The molecule has 0 bridgehead atoms. The van der Waals surface area contributed by atoms with Gasteiger partial charge in [-0.05, 0) is 24.3 Å². The molecule has 2 rings (SSSR count). The van der Waals surface area contributed by atoms with Crippen LogP contribution in [0.3, 0.4) is 0 Å². The molecule has 2 aromatic carbocycles. The van der Waals surface area contributed by atoms with E-state index >= 15 is 0 Å². The first kappa shape index (κ1) is 16.6. The highest BCUT2D eigenvalue weighted by molar-refractivity contribution is 9.10. The quantitative estimate of drug-likeness (QED) is 0.478. The van der Waals surface area contributed by atoms with Crippen molar-refractivity contribution in [1.82, 2.24) is 0 Å². The van der Waals surface area contributed by atoms with Crippen LogP contribution in [0.5, 0.6) is 0 Å². The zero-order valence-corrected chi connectivity index (χ0v) is 13.1. The van der Waals surface area contributed by atoms with E-state index < -0.39 is 28.9 Å². The van der Waals surface area contributed by atoms with Gasteiger partial charge in [0, 0.05) is 16.1 Å². The number of rotatable bonds is 3. The molecule has 0 unspecified atom stereocenters. The summed E-state index contributed by atoms with van der Waals surface area (Å²) >= 11 is 3.21. The molecule has 0 heterocycles. The highest BCUT2D eigenvalue weighted by atomic mass is 79.9. The lowest BCUT2D eigenvalue weighted by Crippen LogP contribution is -2.16. The number of carbonyl (C=O) groups is 1. The average molecular weight is 379 g/mol. The van der Waals surface area contributed by atoms with Crippen molar-refractivity contribution in [2.24, 2.45) is 0 Å². The molecule has 0 saturated heterocycles. The van der Waals surface area contributed by atoms with Crippen LogP contribution in [0.4, 0.5) is 14.5 Å². The second-order valence-corrected chi connectivity index (χ2v) is 5.34. The number of carbonyl (C=O) groups excluding carboxylic acids is 1. The zero-order chi connectivity index (χ0) is 17.0. The van der Waals surface area contributed by atoms with Gasteiger partial charge < -0.3 is 10.4 Å². The topological polar surface area (TPSA) is 73.1 Å². The summed E-state index contributed by atoms with van der Waals surface area (Å²) in [4.78, 5) is 12.1. The van der Waals surface area contributed by atoms with Crippen LogP contribution in [0.25, 0.3) is 5.76 Å². The van der Waals surface area contributed by atoms with E-state index in [1.54, 1.807) is 18.2 Å². The number of amides is 1. The minimum Gasteiger partial charge on any atom is -0.506 e. The summed E-state index contributed by atoms with van der Waals surface area (Å²) in [5, 5.41) is 21.3. The van der Waals surface area contributed by atoms with Gasteiger partial charge >= 0.3 is 0 Å². The maximum Gasteiger partial charge on any atom is 0.270 e. The van der Waals surface area contributed by atoms with Gasteiger partial charge in [0.1, 0.15) is 23.5 Å². The molecule has 0 aliphatic carbocycles. The molecule has 4 nitrogen and oxygen atoms in total. The molecule has 0 radical (unpaired) electrons. The summed E-state index contributed by atoms with van der Waals surface area (Å²) in [5.74, 6) is -3.34. The summed E-state index contributed by atoms with van der Waals surface area (Å²) < 4.78 is 27.0. The molecule has 0 spiro atoms. The lowest BCUT2D eigenvalue weighted by atomic mass is 10.1. The first-order valence-corrected chi connectivity index (χ1v) is 7.07. The van der Waals surface area contributed by atoms with E-state index in [9.17, 15) is 18.7 Å². The number of nitrogens with one attached hydrogen (secondary N) is 1. The standard InChI is InChI=1S/C16H9BrF2N2O2/c17-10-3-1-2-9(6-10)15(22)12(8-20)16(23)21-14-5-4-11(18)7-13(14)19/h1-7,22H,(H,21,23)/b15-12-. The molecular weight excluding hydrogens is 370 g/mol. The summed E-state index contributed by atoms with van der Waals surface area (Å²) in [7, 11) is 0. The smallest absolute Gasteiger partial charge is 0.270 e. The van der Waals surface area contributed by atoms with Gasteiger partial charge in [0.2, 0.25) is 0 Å². The Hall–Kier alpha value is -2.72. The molecule has 2 N–H and O–H groups in total. The minimum atomic E-state index is -1.00. The van der Waals surface area contributed by atoms with Crippen LogP contribution in [-0.4, -0.2) is 11.0 Å². The van der Waals surface area contributed by atoms with Crippen LogP contribution >= 0.6 is 15.9 Å². The molecule has 1 amide bonds. The summed E-state index contributed by atoms with van der Waals surface area (Å²) in [6.07, 6.45) is 0. The van der Waals surface area contributed by atoms with E-state index in [-0.39, 0.29) is 11.3 Å². The molecule has 116 valence electrons. The third-order valence-electron chi connectivity index (χ3n) is 2.85. The fourth-order valence-electron chi connectivity index (χ4n) is 1.77. The number of nitrogens with zero attached hydrogens (tertiary/aromatic N) is 1. The Morgan fingerprint density at radius 1 is 1.22 bits per heavy atom. The van der Waals surface area contributed by atoms with Gasteiger partial charge in [0.25, 0.3) is 5.91 Å². The predicted octanol–water partition coefficient (Wildman–Crippen LogP) is 4.16. The van der Waals surface area contributed by atoms with Crippen molar-refractivity contribution in [3.05, 3.63) is 69.7 Å². The molecule has 0 atom stereocenters. The van der Waals surface area contributed by atoms with Crippen LogP contribution < -0.4 is 5.32 Å². The third-order valence-corrected chi connectivity index (χ3v) is 3.35. The lowest BCUT2D eigenvalue weighted by molar-refractivity contribution is -0.112. The first-order valence-electron chi connectivity index (χ1n) is 6.28. The lowest BCUT2D eigenvalue weighted by Gasteiger charge is -2.08. The van der Waals surface area contributed by atoms with Gasteiger partial charge in [0.15, 0.2) is 5.57 Å². The Balaban J connectivity index is 2.35. The predicted molar refractivity (Wildman–Crippen MR) is 84.3 cm³/mol. The van der Waals surface area contributed by atoms with Crippen molar-refractivity contribution in [3.63, 3.8) is 0 Å². The molecular formula is C16H9BrF2N2O2. The highest BCUT2D eigenvalue weighted by Crippen LogP contribution is 2.22. The number of anilines is 1. The van der Waals surface area contributed by atoms with Crippen molar-refractivity contribution >= 4 is 33.3 Å². The van der Waals surface area contributed by atoms with Crippen molar-refractivity contribution in [3.8, 4) is 6.07 Å². The van der Waals surface area contributed by atoms with Gasteiger partial charge in [-0.25, -0.2) is 8.78 Å². The number of hydrogen-bond donors (Lipinski definition) is 2. The van der Waals surface area contributed by atoms with Crippen molar-refractivity contribution in [2.75, 3.05) is 5.32 Å². The molecule has 0 aliphatic rings. The maximum absolute atomic E-state index is 13.5. The Kier molecular flexibility index (Phi) is 5.09. The number of nitriles is 1. The largest absolute Gasteiger partial charge is 0.506 e. The van der Waals surface area contributed by atoms with Crippen LogP contribution in [0.1, 0.15) is 5.56 Å². The number of aliphatic hydroxyl groups is 1. The van der Waals surface area contributed by atoms with Crippen LogP contribution in [0.15, 0.2) is 52.5 Å². The maximum atomic E-state index is 13.5. The van der Waals surface area contributed by atoms with E-state index in [0.717, 1.165) is 12.1 Å². The summed E-state index contributed by atoms with van der Waals surface area (Å²) in [5.41, 5.74) is -0.649. The Labute approximate surface area is 138 Å². The molecule has 0 fully saturated rings. The average Bonchev–Trinajstić information content (AvgIpc) is 2.50. The van der Waals surface area contributed by atoms with Gasteiger partial charge in [-0.3, -0.25) is 4.79 Å². The fraction of sp³-hybridized carbons (Fsp3) is 0. The third kappa shape index (κ3) is 3.93. The molecule has 7 heteroatoms. The monoisotopic (exact) mass is 378 g/mol.